The van der Waals surface area contributed by atoms with Crippen molar-refractivity contribution in [2.45, 2.75) is 45.7 Å². The molecule has 1 fully saturated rings. The minimum absolute atomic E-state index is 0.0172. The predicted octanol–water partition coefficient (Wildman–Crippen LogP) is 3.61. The molecule has 4 heteroatoms. The van der Waals surface area contributed by atoms with E-state index in [1.54, 1.807) is 12.1 Å². The monoisotopic (exact) mass is 350 g/mol. The number of benzene rings is 2. The van der Waals surface area contributed by atoms with E-state index >= 15 is 0 Å². The number of carbonyl (C=O) groups excluding carboxylic acids is 2. The largest absolute Gasteiger partial charge is 0.340 e. The molecule has 2 aromatic rings. The summed E-state index contributed by atoms with van der Waals surface area (Å²) in [6, 6.07) is 15.2. The van der Waals surface area contributed by atoms with E-state index in [0.29, 0.717) is 18.5 Å². The molecule has 26 heavy (non-hydrogen) atoms. The van der Waals surface area contributed by atoms with Crippen molar-refractivity contribution in [2.24, 2.45) is 0 Å². The molecule has 136 valence electrons. The van der Waals surface area contributed by atoms with Crippen molar-refractivity contribution in [1.29, 1.82) is 0 Å². The number of rotatable bonds is 4. The lowest BCUT2D eigenvalue weighted by Gasteiger charge is -2.25. The van der Waals surface area contributed by atoms with Crippen LogP contribution in [0.2, 0.25) is 0 Å². The molecule has 0 saturated carbocycles. The first-order valence-corrected chi connectivity index (χ1v) is 9.25. The average Bonchev–Trinajstić information content (AvgIpc) is 2.80. The van der Waals surface area contributed by atoms with Gasteiger partial charge in [-0.1, -0.05) is 47.5 Å². The van der Waals surface area contributed by atoms with E-state index in [-0.39, 0.29) is 11.8 Å². The summed E-state index contributed by atoms with van der Waals surface area (Å²) >= 11 is 0. The fourth-order valence-electron chi connectivity index (χ4n) is 3.26. The molecule has 1 atom stereocenters. The maximum absolute atomic E-state index is 12.9. The van der Waals surface area contributed by atoms with Gasteiger partial charge < -0.3 is 10.2 Å². The van der Waals surface area contributed by atoms with Crippen LogP contribution in [0.15, 0.2) is 48.5 Å². The molecule has 1 saturated heterocycles. The fraction of sp³-hybridized carbons (Fsp3) is 0.364. The van der Waals surface area contributed by atoms with Crippen LogP contribution >= 0.6 is 0 Å². The van der Waals surface area contributed by atoms with Gasteiger partial charge in [-0.15, -0.1) is 0 Å². The van der Waals surface area contributed by atoms with E-state index < -0.39 is 6.04 Å². The summed E-state index contributed by atoms with van der Waals surface area (Å²) in [6.07, 6.45) is 2.60. The summed E-state index contributed by atoms with van der Waals surface area (Å²) in [5.41, 5.74) is 4.03. The average molecular weight is 350 g/mol. The van der Waals surface area contributed by atoms with Gasteiger partial charge in [-0.2, -0.15) is 0 Å². The van der Waals surface area contributed by atoms with Crippen molar-refractivity contribution in [3.8, 4) is 0 Å². The zero-order chi connectivity index (χ0) is 18.5. The number of nitrogens with zero attached hydrogens (tertiary/aromatic N) is 1. The number of hydrogen-bond acceptors (Lipinski definition) is 2. The Morgan fingerprint density at radius 1 is 1.00 bits per heavy atom. The molecule has 0 bridgehead atoms. The summed E-state index contributed by atoms with van der Waals surface area (Å²) < 4.78 is 0. The van der Waals surface area contributed by atoms with Crippen molar-refractivity contribution in [3.05, 3.63) is 70.8 Å². The van der Waals surface area contributed by atoms with E-state index in [2.05, 4.69) is 36.5 Å². The highest BCUT2D eigenvalue weighted by atomic mass is 16.2. The highest BCUT2D eigenvalue weighted by Gasteiger charge is 2.28. The van der Waals surface area contributed by atoms with Crippen LogP contribution in [0, 0.1) is 13.8 Å². The highest BCUT2D eigenvalue weighted by Crippen LogP contribution is 2.16. The van der Waals surface area contributed by atoms with Crippen molar-refractivity contribution in [1.82, 2.24) is 10.2 Å². The third-order valence-electron chi connectivity index (χ3n) is 4.89. The molecule has 1 aliphatic rings. The molecule has 0 aromatic heterocycles. The van der Waals surface area contributed by atoms with Gasteiger partial charge in [0, 0.05) is 18.7 Å². The predicted molar refractivity (Wildman–Crippen MR) is 103 cm³/mol. The first-order valence-electron chi connectivity index (χ1n) is 9.25. The number of nitrogens with one attached hydrogen (secondary N) is 1. The van der Waals surface area contributed by atoms with Gasteiger partial charge in [-0.05, 0) is 50.8 Å². The number of amides is 2. The van der Waals surface area contributed by atoms with Crippen LogP contribution in [-0.4, -0.2) is 29.3 Å². The van der Waals surface area contributed by atoms with Gasteiger partial charge >= 0.3 is 0 Å². The van der Waals surface area contributed by atoms with Crippen LogP contribution in [0.1, 0.15) is 46.3 Å². The van der Waals surface area contributed by atoms with E-state index in [1.165, 1.54) is 5.56 Å². The lowest BCUT2D eigenvalue weighted by Crippen LogP contribution is -2.47. The smallest absolute Gasteiger partial charge is 0.251 e. The van der Waals surface area contributed by atoms with Gasteiger partial charge in [0.05, 0.1) is 0 Å². The molecule has 1 N–H and O–H groups in total. The van der Waals surface area contributed by atoms with Crippen molar-refractivity contribution < 1.29 is 9.59 Å². The summed E-state index contributed by atoms with van der Waals surface area (Å²) in [5, 5.41) is 2.94. The molecule has 0 aliphatic carbocycles. The Labute approximate surface area is 155 Å². The zero-order valence-corrected chi connectivity index (χ0v) is 15.5. The number of aryl methyl sites for hydroxylation is 2. The van der Waals surface area contributed by atoms with Gasteiger partial charge in [0.1, 0.15) is 6.04 Å². The molecular weight excluding hydrogens is 324 g/mol. The summed E-state index contributed by atoms with van der Waals surface area (Å²) in [5.74, 6) is -0.163. The Hall–Kier alpha value is -2.62. The Kier molecular flexibility index (Phi) is 5.71. The standard InChI is InChI=1S/C22H26N2O2/c1-16-6-10-18(11-7-16)15-24-14-4-3-5-20(22(24)26)23-21(25)19-12-8-17(2)9-13-19/h6-13,20H,3-5,14-15H2,1-2H3,(H,23,25). The van der Waals surface area contributed by atoms with E-state index in [4.69, 9.17) is 0 Å². The maximum Gasteiger partial charge on any atom is 0.251 e. The SMILES string of the molecule is Cc1ccc(CN2CCCCC(NC(=O)c3ccc(C)cc3)C2=O)cc1. The van der Waals surface area contributed by atoms with Crippen molar-refractivity contribution in [2.75, 3.05) is 6.54 Å². The summed E-state index contributed by atoms with van der Waals surface area (Å²) in [4.78, 5) is 27.3. The van der Waals surface area contributed by atoms with E-state index in [9.17, 15) is 9.59 Å². The van der Waals surface area contributed by atoms with Crippen LogP contribution in [0.5, 0.6) is 0 Å². The second kappa shape index (κ2) is 8.17. The van der Waals surface area contributed by atoms with Crippen LogP contribution in [0.25, 0.3) is 0 Å². The first kappa shape index (κ1) is 18.2. The maximum atomic E-state index is 12.9. The highest BCUT2D eigenvalue weighted by molar-refractivity contribution is 5.97. The topological polar surface area (TPSA) is 49.4 Å². The second-order valence-electron chi connectivity index (χ2n) is 7.13. The molecule has 4 nitrogen and oxygen atoms in total. The molecule has 1 heterocycles. The molecule has 1 aliphatic heterocycles. The Balaban J connectivity index is 1.68. The van der Waals surface area contributed by atoms with Gasteiger partial charge in [0.15, 0.2) is 0 Å². The third kappa shape index (κ3) is 4.51. The third-order valence-corrected chi connectivity index (χ3v) is 4.89. The van der Waals surface area contributed by atoms with Gasteiger partial charge in [-0.25, -0.2) is 0 Å². The van der Waals surface area contributed by atoms with E-state index in [0.717, 1.165) is 30.5 Å². The Bertz CT molecular complexity index is 766. The lowest BCUT2D eigenvalue weighted by atomic mass is 10.1. The molecule has 3 rings (SSSR count). The molecule has 0 spiro atoms. The Morgan fingerprint density at radius 2 is 1.62 bits per heavy atom. The normalized spacial score (nSPS) is 17.7. The molecular formula is C22H26N2O2. The van der Waals surface area contributed by atoms with Gasteiger partial charge in [0.2, 0.25) is 5.91 Å². The zero-order valence-electron chi connectivity index (χ0n) is 15.5. The summed E-state index contributed by atoms with van der Waals surface area (Å²) in [7, 11) is 0. The minimum Gasteiger partial charge on any atom is -0.340 e. The quantitative estimate of drug-likeness (QED) is 0.916. The van der Waals surface area contributed by atoms with Gasteiger partial charge in [-0.3, -0.25) is 9.59 Å². The minimum atomic E-state index is -0.447. The number of carbonyl (C=O) groups is 2. The summed E-state index contributed by atoms with van der Waals surface area (Å²) in [6.45, 7) is 5.37. The van der Waals surface area contributed by atoms with Crippen LogP contribution in [0.4, 0.5) is 0 Å². The Morgan fingerprint density at radius 3 is 2.27 bits per heavy atom. The molecule has 1 unspecified atom stereocenters. The molecule has 2 amide bonds. The second-order valence-corrected chi connectivity index (χ2v) is 7.13. The van der Waals surface area contributed by atoms with E-state index in [1.807, 2.05) is 24.0 Å². The lowest BCUT2D eigenvalue weighted by molar-refractivity contribution is -0.133. The van der Waals surface area contributed by atoms with Crippen LogP contribution in [-0.2, 0) is 11.3 Å². The van der Waals surface area contributed by atoms with Gasteiger partial charge in [0.25, 0.3) is 5.91 Å². The van der Waals surface area contributed by atoms with Crippen LogP contribution < -0.4 is 5.32 Å². The van der Waals surface area contributed by atoms with Crippen molar-refractivity contribution >= 4 is 11.8 Å². The van der Waals surface area contributed by atoms with Crippen molar-refractivity contribution in [3.63, 3.8) is 0 Å². The molecule has 0 radical (unpaired) electrons. The number of likely N-dealkylation sites (tertiary alicyclic amines) is 1. The molecule has 2 aromatic carbocycles. The first-order chi connectivity index (χ1) is 12.5. The number of hydrogen-bond donors (Lipinski definition) is 1. The van der Waals surface area contributed by atoms with Crippen LogP contribution in [0.3, 0.4) is 0 Å². The fourth-order valence-corrected chi connectivity index (χ4v) is 3.26.